The quantitative estimate of drug-likeness (QED) is 0.796. The lowest BCUT2D eigenvalue weighted by Crippen LogP contribution is -2.37. The molecule has 27 heavy (non-hydrogen) atoms. The molecule has 9 heteroatoms. The summed E-state index contributed by atoms with van der Waals surface area (Å²) >= 11 is 1.93. The molecule has 2 aliphatic heterocycles. The van der Waals surface area contributed by atoms with Gasteiger partial charge in [-0.15, -0.1) is 5.10 Å². The minimum absolute atomic E-state index is 0.319. The zero-order chi connectivity index (χ0) is 18.8. The summed E-state index contributed by atoms with van der Waals surface area (Å²) in [6.45, 7) is 2.21. The molecule has 144 valence electrons. The zero-order valence-corrected chi connectivity index (χ0v) is 15.7. The Balaban J connectivity index is 1.37. The summed E-state index contributed by atoms with van der Waals surface area (Å²) in [6.07, 6.45) is 1.34. The lowest BCUT2D eigenvalue weighted by atomic mass is 9.96. The molecule has 0 radical (unpaired) electrons. The van der Waals surface area contributed by atoms with Crippen LogP contribution in [0.4, 0.5) is 14.6 Å². The minimum Gasteiger partial charge on any atom is -0.355 e. The number of thioether (sulfide) groups is 1. The number of nitrogens with zero attached hydrogens (tertiary/aromatic N) is 5. The van der Waals surface area contributed by atoms with Crippen molar-refractivity contribution in [2.45, 2.75) is 38.0 Å². The molecule has 2 aliphatic rings. The van der Waals surface area contributed by atoms with Crippen molar-refractivity contribution in [3.63, 3.8) is 0 Å². The number of halogens is 2. The Morgan fingerprint density at radius 3 is 2.78 bits per heavy atom. The van der Waals surface area contributed by atoms with Crippen molar-refractivity contribution in [1.29, 1.82) is 0 Å². The molecule has 0 amide bonds. The number of rotatable bonds is 4. The number of hydrogen-bond acceptors (Lipinski definition) is 6. The van der Waals surface area contributed by atoms with Crippen molar-refractivity contribution in [2.75, 3.05) is 23.7 Å². The summed E-state index contributed by atoms with van der Waals surface area (Å²) in [4.78, 5) is 17.9. The molecule has 4 heterocycles. The first-order valence-electron chi connectivity index (χ1n) is 9.13. The monoisotopic (exact) mass is 393 g/mol. The minimum atomic E-state index is -2.72. The van der Waals surface area contributed by atoms with Crippen LogP contribution in [0.5, 0.6) is 0 Å². The van der Waals surface area contributed by atoms with E-state index < -0.39 is 17.7 Å². The number of hydrogen-bond donors (Lipinski definition) is 0. The van der Waals surface area contributed by atoms with E-state index in [1.54, 1.807) is 0 Å². The normalized spacial score (nSPS) is 18.0. The van der Waals surface area contributed by atoms with E-state index in [2.05, 4.69) is 26.1 Å². The molecule has 2 aromatic rings. The van der Waals surface area contributed by atoms with Crippen molar-refractivity contribution in [1.82, 2.24) is 19.7 Å². The first-order chi connectivity index (χ1) is 13.1. The highest BCUT2D eigenvalue weighted by Crippen LogP contribution is 2.27. The third-order valence-electron chi connectivity index (χ3n) is 5.21. The van der Waals surface area contributed by atoms with E-state index >= 15 is 0 Å². The maximum atomic E-state index is 12.6. The van der Waals surface area contributed by atoms with Crippen LogP contribution in [-0.2, 0) is 18.7 Å². The predicted octanol–water partition coefficient (Wildman–Crippen LogP) is 2.68. The highest BCUT2D eigenvalue weighted by atomic mass is 32.2. The van der Waals surface area contributed by atoms with E-state index in [4.69, 9.17) is 0 Å². The summed E-state index contributed by atoms with van der Waals surface area (Å²) in [5.74, 6) is 3.35. The molecule has 0 saturated carbocycles. The smallest absolute Gasteiger partial charge is 0.280 e. The van der Waals surface area contributed by atoms with Gasteiger partial charge in [0.25, 0.3) is 12.0 Å². The summed E-state index contributed by atoms with van der Waals surface area (Å²) < 4.78 is 26.7. The Morgan fingerprint density at radius 1 is 1.22 bits per heavy atom. The Labute approximate surface area is 160 Å². The van der Waals surface area contributed by atoms with Crippen LogP contribution >= 0.6 is 11.8 Å². The first kappa shape index (κ1) is 18.3. The van der Waals surface area contributed by atoms with E-state index in [0.29, 0.717) is 12.5 Å². The second kappa shape index (κ2) is 7.92. The van der Waals surface area contributed by atoms with Gasteiger partial charge in [0.15, 0.2) is 5.82 Å². The maximum absolute atomic E-state index is 12.6. The van der Waals surface area contributed by atoms with Gasteiger partial charge >= 0.3 is 0 Å². The van der Waals surface area contributed by atoms with Crippen molar-refractivity contribution in [3.05, 3.63) is 45.8 Å². The van der Waals surface area contributed by atoms with Gasteiger partial charge in [-0.1, -0.05) is 0 Å². The fourth-order valence-electron chi connectivity index (χ4n) is 3.60. The molecule has 0 bridgehead atoms. The number of alkyl halides is 2. The average molecular weight is 393 g/mol. The number of aromatic nitrogens is 4. The highest BCUT2D eigenvalue weighted by Gasteiger charge is 2.23. The van der Waals surface area contributed by atoms with Crippen LogP contribution < -0.4 is 10.5 Å². The van der Waals surface area contributed by atoms with Gasteiger partial charge in [-0.3, -0.25) is 9.36 Å². The summed E-state index contributed by atoms with van der Waals surface area (Å²) in [5, 5.41) is 8.79. The van der Waals surface area contributed by atoms with Crippen molar-refractivity contribution >= 4 is 17.6 Å². The van der Waals surface area contributed by atoms with Crippen molar-refractivity contribution < 1.29 is 8.78 Å². The fourth-order valence-corrected chi connectivity index (χ4v) is 4.56. The van der Waals surface area contributed by atoms with Gasteiger partial charge in [0.05, 0.1) is 12.0 Å². The van der Waals surface area contributed by atoms with Gasteiger partial charge in [0.1, 0.15) is 5.69 Å². The van der Waals surface area contributed by atoms with Crippen LogP contribution in [0.3, 0.4) is 0 Å². The van der Waals surface area contributed by atoms with Crippen LogP contribution in [0, 0.1) is 5.92 Å². The topological polar surface area (TPSA) is 63.9 Å². The standard InChI is InChI=1S/C18H21F2N5OS/c19-18(20)15-8-17(26)25(11-21-15)9-12-1-4-24(5-2-12)16-7-13-10-27-6-3-14(13)22-23-16/h7-8,11-12,18H,1-6,9-10H2. The van der Waals surface area contributed by atoms with Gasteiger partial charge < -0.3 is 4.90 Å². The Morgan fingerprint density at radius 2 is 2.04 bits per heavy atom. The largest absolute Gasteiger partial charge is 0.355 e. The molecule has 0 aromatic carbocycles. The average Bonchev–Trinajstić information content (AvgIpc) is 2.69. The maximum Gasteiger partial charge on any atom is 0.280 e. The molecule has 2 aromatic heterocycles. The Bertz CT molecular complexity index is 867. The highest BCUT2D eigenvalue weighted by molar-refractivity contribution is 7.98. The van der Waals surface area contributed by atoms with Crippen LogP contribution in [0.1, 0.15) is 36.2 Å². The van der Waals surface area contributed by atoms with Gasteiger partial charge in [0.2, 0.25) is 0 Å². The second-order valence-electron chi connectivity index (χ2n) is 7.01. The Hall–Kier alpha value is -2.03. The number of anilines is 1. The lowest BCUT2D eigenvalue weighted by molar-refractivity contribution is 0.145. The third-order valence-corrected chi connectivity index (χ3v) is 6.21. The summed E-state index contributed by atoms with van der Waals surface area (Å²) in [7, 11) is 0. The Kier molecular flexibility index (Phi) is 5.38. The molecule has 0 unspecified atom stereocenters. The van der Waals surface area contributed by atoms with Crippen molar-refractivity contribution in [2.24, 2.45) is 5.92 Å². The third kappa shape index (κ3) is 4.12. The SMILES string of the molecule is O=c1cc(C(F)F)ncn1CC1CCN(c2cc3c(nn2)CCSC3)CC1. The summed E-state index contributed by atoms with van der Waals surface area (Å²) in [5.41, 5.74) is 1.53. The molecule has 1 saturated heterocycles. The predicted molar refractivity (Wildman–Crippen MR) is 100 cm³/mol. The lowest BCUT2D eigenvalue weighted by Gasteiger charge is -2.33. The van der Waals surface area contributed by atoms with Crippen LogP contribution in [-0.4, -0.2) is 38.6 Å². The van der Waals surface area contributed by atoms with E-state index in [-0.39, 0.29) is 0 Å². The number of aryl methyl sites for hydroxylation is 1. The molecule has 0 atom stereocenters. The second-order valence-corrected chi connectivity index (χ2v) is 8.12. The molecule has 0 N–H and O–H groups in total. The van der Waals surface area contributed by atoms with Gasteiger partial charge in [-0.25, -0.2) is 13.8 Å². The number of fused-ring (bicyclic) bond motifs is 1. The van der Waals surface area contributed by atoms with Crippen LogP contribution in [0.15, 0.2) is 23.3 Å². The van der Waals surface area contributed by atoms with E-state index in [1.165, 1.54) is 16.5 Å². The molecule has 4 rings (SSSR count). The fraction of sp³-hybridized carbons (Fsp3) is 0.556. The molecule has 6 nitrogen and oxygen atoms in total. The molecule has 0 aliphatic carbocycles. The van der Waals surface area contributed by atoms with Crippen LogP contribution in [0.2, 0.25) is 0 Å². The molecule has 1 fully saturated rings. The zero-order valence-electron chi connectivity index (χ0n) is 14.9. The van der Waals surface area contributed by atoms with Gasteiger partial charge in [-0.2, -0.15) is 16.9 Å². The first-order valence-corrected chi connectivity index (χ1v) is 10.3. The van der Waals surface area contributed by atoms with Gasteiger partial charge in [-0.05, 0) is 36.1 Å². The van der Waals surface area contributed by atoms with Gasteiger partial charge in [0, 0.05) is 37.9 Å². The van der Waals surface area contributed by atoms with E-state index in [0.717, 1.165) is 61.4 Å². The van der Waals surface area contributed by atoms with E-state index in [9.17, 15) is 13.6 Å². The van der Waals surface area contributed by atoms with Crippen molar-refractivity contribution in [3.8, 4) is 0 Å². The molecular formula is C18H21F2N5OS. The molecule has 0 spiro atoms. The van der Waals surface area contributed by atoms with E-state index in [1.807, 2.05) is 11.8 Å². The van der Waals surface area contributed by atoms with Crippen LogP contribution in [0.25, 0.3) is 0 Å². The molecular weight excluding hydrogens is 372 g/mol. The number of piperidine rings is 1. The summed E-state index contributed by atoms with van der Waals surface area (Å²) in [6, 6.07) is 3.09.